The van der Waals surface area contributed by atoms with Crippen LogP contribution in [0.5, 0.6) is 0 Å². The van der Waals surface area contributed by atoms with Gasteiger partial charge in [0.1, 0.15) is 0 Å². The summed E-state index contributed by atoms with van der Waals surface area (Å²) in [5, 5.41) is 3.72. The number of allylic oxidation sites excluding steroid dienone is 1. The van der Waals surface area contributed by atoms with Gasteiger partial charge < -0.3 is 0 Å². The molecule has 0 aromatic carbocycles. The van der Waals surface area contributed by atoms with Crippen LogP contribution < -0.4 is 0 Å². The average Bonchev–Trinajstić information content (AvgIpc) is 2.84. The predicted octanol–water partition coefficient (Wildman–Crippen LogP) is 7.29. The number of fused-ring (bicyclic) bond motifs is 1. The van der Waals surface area contributed by atoms with E-state index in [0.717, 1.165) is 17.8 Å². The molecule has 0 heterocycles. The number of nitrogens with zero attached hydrogens (tertiary/aromatic N) is 3. The lowest BCUT2D eigenvalue weighted by Crippen LogP contribution is -2.36. The third-order valence-electron chi connectivity index (χ3n) is 6.81. The minimum Gasteiger partial charge on any atom is -0.0899 e. The van der Waals surface area contributed by atoms with Crippen molar-refractivity contribution < 1.29 is 0 Å². The molecular weight excluding hydrogens is 294 g/mol. The molecule has 0 radical (unpaired) electrons. The molecule has 0 N–H and O–H groups in total. The third kappa shape index (κ3) is 4.57. The Labute approximate surface area is 148 Å². The van der Waals surface area contributed by atoms with Crippen LogP contribution in [0, 0.1) is 28.6 Å². The minimum absolute atomic E-state index is 0.462. The number of hydrogen-bond acceptors (Lipinski definition) is 1. The number of azide groups is 1. The van der Waals surface area contributed by atoms with Crippen LogP contribution in [-0.2, 0) is 0 Å². The van der Waals surface area contributed by atoms with Crippen molar-refractivity contribution in [3.8, 4) is 0 Å². The quantitative estimate of drug-likeness (QED) is 0.212. The van der Waals surface area contributed by atoms with Crippen LogP contribution in [0.1, 0.15) is 86.0 Å². The van der Waals surface area contributed by atoms with Gasteiger partial charge in [-0.3, -0.25) is 0 Å². The first-order chi connectivity index (χ1) is 11.3. The summed E-state index contributed by atoms with van der Waals surface area (Å²) in [4.78, 5) is 2.90. The van der Waals surface area contributed by atoms with E-state index in [1.165, 1.54) is 51.4 Å². The summed E-state index contributed by atoms with van der Waals surface area (Å²) in [5.74, 6) is 2.43. The topological polar surface area (TPSA) is 48.8 Å². The fraction of sp³-hybridized carbons (Fsp3) is 0.905. The molecule has 3 heteroatoms. The molecule has 3 nitrogen and oxygen atoms in total. The van der Waals surface area contributed by atoms with Crippen molar-refractivity contribution in [2.24, 2.45) is 33.7 Å². The monoisotopic (exact) mass is 331 g/mol. The average molecular weight is 332 g/mol. The molecule has 0 aliphatic heterocycles. The Bertz CT molecular complexity index is 496. The van der Waals surface area contributed by atoms with Crippen molar-refractivity contribution in [2.45, 2.75) is 86.0 Å². The van der Waals surface area contributed by atoms with Gasteiger partial charge in [-0.15, -0.1) is 0 Å². The Hall–Kier alpha value is -0.950. The van der Waals surface area contributed by atoms with Crippen LogP contribution in [0.25, 0.3) is 10.4 Å². The predicted molar refractivity (Wildman–Crippen MR) is 103 cm³/mol. The Balaban J connectivity index is 2.01. The van der Waals surface area contributed by atoms with Gasteiger partial charge in [-0.2, -0.15) is 0 Å². The lowest BCUT2D eigenvalue weighted by atomic mass is 9.60. The van der Waals surface area contributed by atoms with E-state index in [0.29, 0.717) is 17.4 Å². The largest absolute Gasteiger partial charge is 0.0899 e. The molecule has 2 aliphatic carbocycles. The maximum atomic E-state index is 8.52. The van der Waals surface area contributed by atoms with E-state index in [4.69, 9.17) is 5.53 Å². The molecule has 0 amide bonds. The summed E-state index contributed by atoms with van der Waals surface area (Å²) in [6.07, 6.45) is 12.9. The van der Waals surface area contributed by atoms with Crippen LogP contribution in [-0.4, -0.2) is 6.54 Å². The molecule has 0 unspecified atom stereocenters. The Morgan fingerprint density at radius 2 is 2.12 bits per heavy atom. The molecule has 0 aromatic rings. The van der Waals surface area contributed by atoms with Crippen LogP contribution in [0.3, 0.4) is 0 Å². The van der Waals surface area contributed by atoms with E-state index < -0.39 is 0 Å². The highest BCUT2D eigenvalue weighted by Crippen LogP contribution is 2.59. The van der Waals surface area contributed by atoms with Gasteiger partial charge in [0.05, 0.1) is 0 Å². The van der Waals surface area contributed by atoms with Crippen LogP contribution >= 0.6 is 0 Å². The fourth-order valence-electron chi connectivity index (χ4n) is 5.61. The lowest BCUT2D eigenvalue weighted by molar-refractivity contribution is 0.0919. The van der Waals surface area contributed by atoms with Gasteiger partial charge in [0, 0.05) is 11.5 Å². The van der Waals surface area contributed by atoms with Crippen LogP contribution in [0.15, 0.2) is 16.8 Å². The minimum atomic E-state index is 0.462. The highest BCUT2D eigenvalue weighted by Gasteiger charge is 2.50. The molecule has 0 saturated heterocycles. The van der Waals surface area contributed by atoms with E-state index >= 15 is 0 Å². The van der Waals surface area contributed by atoms with Crippen molar-refractivity contribution in [1.29, 1.82) is 0 Å². The van der Waals surface area contributed by atoms with Crippen molar-refractivity contribution in [3.05, 3.63) is 22.1 Å². The van der Waals surface area contributed by atoms with Gasteiger partial charge in [0.2, 0.25) is 0 Å². The Morgan fingerprint density at radius 3 is 2.79 bits per heavy atom. The highest BCUT2D eigenvalue weighted by atomic mass is 15.1. The molecule has 4 atom stereocenters. The van der Waals surface area contributed by atoms with Gasteiger partial charge in [0.15, 0.2) is 0 Å². The van der Waals surface area contributed by atoms with Crippen LogP contribution in [0.2, 0.25) is 0 Å². The molecule has 24 heavy (non-hydrogen) atoms. The molecule has 0 bridgehead atoms. The Kier molecular flexibility index (Phi) is 6.42. The lowest BCUT2D eigenvalue weighted by Gasteiger charge is -2.44. The zero-order chi connectivity index (χ0) is 17.8. The first kappa shape index (κ1) is 19.4. The Morgan fingerprint density at radius 1 is 1.38 bits per heavy atom. The second kappa shape index (κ2) is 7.95. The first-order valence-corrected chi connectivity index (χ1v) is 9.98. The molecule has 0 spiro atoms. The van der Waals surface area contributed by atoms with E-state index in [1.54, 1.807) is 5.57 Å². The summed E-state index contributed by atoms with van der Waals surface area (Å²) in [5.41, 5.74) is 11.0. The smallest absolute Gasteiger partial charge is 0.0442 e. The van der Waals surface area contributed by atoms with Crippen LogP contribution in [0.4, 0.5) is 0 Å². The van der Waals surface area contributed by atoms with Crippen molar-refractivity contribution in [3.63, 3.8) is 0 Å². The van der Waals surface area contributed by atoms with Gasteiger partial charge in [-0.05, 0) is 72.6 Å². The molecule has 2 aliphatic rings. The van der Waals surface area contributed by atoms with E-state index in [1.807, 2.05) is 0 Å². The summed E-state index contributed by atoms with van der Waals surface area (Å²) in [6, 6.07) is 0. The van der Waals surface area contributed by atoms with Gasteiger partial charge in [-0.1, -0.05) is 64.2 Å². The SMILES string of the molecule is C[C@H](CCCC(C)(C)C)[C@H]1CC[C@H]2/C(=C/CN=[N+]=[N-])CCC[C@]12C. The summed E-state index contributed by atoms with van der Waals surface area (Å²) >= 11 is 0. The number of hydrogen-bond donors (Lipinski definition) is 0. The standard InChI is InChI=1S/C21H37N3/c1-16(8-6-13-20(2,3)4)18-10-11-19-17(12-15-23-24-22)9-7-14-21(18,19)5/h12,16,18-19H,6-11,13-15H2,1-5H3/b17-12+/t16-,18-,19+,21-/m1/s1. The highest BCUT2D eigenvalue weighted by molar-refractivity contribution is 5.19. The van der Waals surface area contributed by atoms with Crippen molar-refractivity contribution >= 4 is 0 Å². The van der Waals surface area contributed by atoms with Gasteiger partial charge >= 0.3 is 0 Å². The fourth-order valence-corrected chi connectivity index (χ4v) is 5.61. The molecule has 2 fully saturated rings. The normalized spacial score (nSPS) is 33.1. The second-order valence-electron chi connectivity index (χ2n) is 9.72. The molecular formula is C21H37N3. The molecule has 0 aromatic heterocycles. The van der Waals surface area contributed by atoms with Crippen molar-refractivity contribution in [1.82, 2.24) is 0 Å². The van der Waals surface area contributed by atoms with Gasteiger partial charge in [-0.25, -0.2) is 0 Å². The first-order valence-electron chi connectivity index (χ1n) is 9.98. The zero-order valence-electron chi connectivity index (χ0n) is 16.5. The van der Waals surface area contributed by atoms with Gasteiger partial charge in [0.25, 0.3) is 0 Å². The second-order valence-corrected chi connectivity index (χ2v) is 9.72. The maximum absolute atomic E-state index is 8.52. The van der Waals surface area contributed by atoms with E-state index in [2.05, 4.69) is 50.7 Å². The van der Waals surface area contributed by atoms with E-state index in [9.17, 15) is 0 Å². The third-order valence-corrected chi connectivity index (χ3v) is 6.81. The van der Waals surface area contributed by atoms with E-state index in [-0.39, 0.29) is 0 Å². The molecule has 2 rings (SSSR count). The molecule has 136 valence electrons. The number of rotatable bonds is 6. The molecule has 2 saturated carbocycles. The zero-order valence-corrected chi connectivity index (χ0v) is 16.5. The summed E-state index contributed by atoms with van der Waals surface area (Å²) < 4.78 is 0. The van der Waals surface area contributed by atoms with Crippen molar-refractivity contribution in [2.75, 3.05) is 6.54 Å². The maximum Gasteiger partial charge on any atom is 0.0442 e. The summed E-state index contributed by atoms with van der Waals surface area (Å²) in [7, 11) is 0. The summed E-state index contributed by atoms with van der Waals surface area (Å²) in [6.45, 7) is 12.6.